The summed E-state index contributed by atoms with van der Waals surface area (Å²) in [7, 11) is 0. The first-order valence-electron chi connectivity index (χ1n) is 4.20. The number of hydrogen-bond acceptors (Lipinski definition) is 1. The number of aromatic nitrogens is 1. The molecule has 1 heterocycles. The molecule has 1 fully saturated rings. The smallest absolute Gasteiger partial charge is 0.0401 e. The Morgan fingerprint density at radius 2 is 2.09 bits per heavy atom. The Hall–Kier alpha value is -0.850. The second-order valence-electron chi connectivity index (χ2n) is 3.45. The van der Waals surface area contributed by atoms with Gasteiger partial charge in [0.2, 0.25) is 0 Å². The fraction of sp³-hybridized carbons (Fsp3) is 0.500. The van der Waals surface area contributed by atoms with E-state index < -0.39 is 0 Å². The lowest BCUT2D eigenvalue weighted by molar-refractivity contribution is 1.05. The molecule has 2 rings (SSSR count). The molecule has 1 aromatic rings. The quantitative estimate of drug-likeness (QED) is 0.595. The standard InChI is InChI=1S/C10H13N/c1-7-5-10(9-3-4-9)6-11-8(7)2/h5-6,9H,3-4H2,1-2H3. The van der Waals surface area contributed by atoms with Gasteiger partial charge in [0.1, 0.15) is 0 Å². The summed E-state index contributed by atoms with van der Waals surface area (Å²) in [5.41, 5.74) is 3.93. The van der Waals surface area contributed by atoms with E-state index >= 15 is 0 Å². The molecule has 0 saturated heterocycles. The first-order chi connectivity index (χ1) is 5.27. The lowest BCUT2D eigenvalue weighted by atomic mass is 10.1. The Morgan fingerprint density at radius 3 is 2.64 bits per heavy atom. The normalized spacial score (nSPS) is 16.9. The minimum Gasteiger partial charge on any atom is -0.261 e. The van der Waals surface area contributed by atoms with Gasteiger partial charge in [-0.1, -0.05) is 6.07 Å². The molecule has 0 aromatic carbocycles. The van der Waals surface area contributed by atoms with Crippen LogP contribution in [0, 0.1) is 13.8 Å². The molecular formula is C10H13N. The lowest BCUT2D eigenvalue weighted by Gasteiger charge is -2.01. The number of rotatable bonds is 1. The van der Waals surface area contributed by atoms with Gasteiger partial charge < -0.3 is 0 Å². The molecule has 0 bridgehead atoms. The van der Waals surface area contributed by atoms with Crippen LogP contribution in [-0.4, -0.2) is 4.98 Å². The molecule has 1 saturated carbocycles. The van der Waals surface area contributed by atoms with E-state index in [4.69, 9.17) is 0 Å². The van der Waals surface area contributed by atoms with Crippen molar-refractivity contribution in [1.82, 2.24) is 4.98 Å². The largest absolute Gasteiger partial charge is 0.261 e. The van der Waals surface area contributed by atoms with Gasteiger partial charge in [-0.2, -0.15) is 0 Å². The van der Waals surface area contributed by atoms with Gasteiger partial charge in [0.15, 0.2) is 0 Å². The van der Waals surface area contributed by atoms with Crippen LogP contribution in [0.1, 0.15) is 35.6 Å². The average Bonchev–Trinajstić information content (AvgIpc) is 2.77. The molecule has 0 unspecified atom stereocenters. The second-order valence-corrected chi connectivity index (χ2v) is 3.45. The van der Waals surface area contributed by atoms with Crippen molar-refractivity contribution < 1.29 is 0 Å². The monoisotopic (exact) mass is 147 g/mol. The van der Waals surface area contributed by atoms with E-state index in [1.807, 2.05) is 6.20 Å². The summed E-state index contributed by atoms with van der Waals surface area (Å²) >= 11 is 0. The van der Waals surface area contributed by atoms with Gasteiger partial charge in [0, 0.05) is 11.9 Å². The third kappa shape index (κ3) is 1.28. The maximum atomic E-state index is 4.34. The molecule has 0 aliphatic heterocycles. The van der Waals surface area contributed by atoms with Crippen molar-refractivity contribution in [2.75, 3.05) is 0 Å². The summed E-state index contributed by atoms with van der Waals surface area (Å²) in [6.45, 7) is 4.19. The van der Waals surface area contributed by atoms with Crippen LogP contribution in [-0.2, 0) is 0 Å². The molecule has 0 spiro atoms. The molecule has 1 aliphatic carbocycles. The van der Waals surface area contributed by atoms with Crippen molar-refractivity contribution in [3.63, 3.8) is 0 Å². The van der Waals surface area contributed by atoms with E-state index in [-0.39, 0.29) is 0 Å². The van der Waals surface area contributed by atoms with Gasteiger partial charge in [-0.25, -0.2) is 0 Å². The van der Waals surface area contributed by atoms with Crippen LogP contribution in [0.25, 0.3) is 0 Å². The molecule has 0 amide bonds. The molecule has 0 N–H and O–H groups in total. The summed E-state index contributed by atoms with van der Waals surface area (Å²) < 4.78 is 0. The third-order valence-electron chi connectivity index (χ3n) is 2.41. The van der Waals surface area contributed by atoms with Crippen molar-refractivity contribution >= 4 is 0 Å². The Balaban J connectivity index is 2.36. The summed E-state index contributed by atoms with van der Waals surface area (Å²) in [5, 5.41) is 0. The van der Waals surface area contributed by atoms with Crippen LogP contribution in [0.15, 0.2) is 12.3 Å². The van der Waals surface area contributed by atoms with Crippen molar-refractivity contribution in [3.05, 3.63) is 29.1 Å². The molecule has 11 heavy (non-hydrogen) atoms. The van der Waals surface area contributed by atoms with E-state index in [1.54, 1.807) is 0 Å². The van der Waals surface area contributed by atoms with Crippen LogP contribution in [0.5, 0.6) is 0 Å². The third-order valence-corrected chi connectivity index (χ3v) is 2.41. The van der Waals surface area contributed by atoms with E-state index in [1.165, 1.54) is 24.0 Å². The molecule has 1 nitrogen and oxygen atoms in total. The van der Waals surface area contributed by atoms with E-state index in [9.17, 15) is 0 Å². The SMILES string of the molecule is Cc1cc(C2CC2)cnc1C. The maximum Gasteiger partial charge on any atom is 0.0401 e. The van der Waals surface area contributed by atoms with Crippen LogP contribution in [0.2, 0.25) is 0 Å². The first kappa shape index (κ1) is 6.84. The zero-order chi connectivity index (χ0) is 7.84. The second kappa shape index (κ2) is 2.33. The topological polar surface area (TPSA) is 12.9 Å². The Bertz CT molecular complexity index is 274. The molecular weight excluding hydrogens is 134 g/mol. The molecule has 1 aliphatic rings. The van der Waals surface area contributed by atoms with Crippen molar-refractivity contribution in [3.8, 4) is 0 Å². The van der Waals surface area contributed by atoms with E-state index in [2.05, 4.69) is 24.9 Å². The van der Waals surface area contributed by atoms with E-state index in [0.29, 0.717) is 0 Å². The summed E-state index contributed by atoms with van der Waals surface area (Å²) in [6.07, 6.45) is 4.76. The van der Waals surface area contributed by atoms with Gasteiger partial charge in [0.05, 0.1) is 0 Å². The Kier molecular flexibility index (Phi) is 1.45. The predicted molar refractivity (Wildman–Crippen MR) is 45.7 cm³/mol. The first-order valence-corrected chi connectivity index (χ1v) is 4.20. The van der Waals surface area contributed by atoms with Crippen molar-refractivity contribution in [2.24, 2.45) is 0 Å². The molecule has 0 atom stereocenters. The van der Waals surface area contributed by atoms with Crippen LogP contribution < -0.4 is 0 Å². The number of aryl methyl sites for hydroxylation is 2. The molecule has 1 heteroatoms. The Morgan fingerprint density at radius 1 is 1.36 bits per heavy atom. The lowest BCUT2D eigenvalue weighted by Crippen LogP contribution is -1.89. The number of hydrogen-bond donors (Lipinski definition) is 0. The highest BCUT2D eigenvalue weighted by atomic mass is 14.7. The zero-order valence-corrected chi connectivity index (χ0v) is 7.09. The summed E-state index contributed by atoms with van der Waals surface area (Å²) in [5.74, 6) is 0.835. The van der Waals surface area contributed by atoms with Crippen LogP contribution in [0.3, 0.4) is 0 Å². The summed E-state index contributed by atoms with van der Waals surface area (Å²) in [6, 6.07) is 2.28. The zero-order valence-electron chi connectivity index (χ0n) is 7.09. The van der Waals surface area contributed by atoms with Gasteiger partial charge in [-0.05, 0) is 43.7 Å². The number of nitrogens with zero attached hydrogens (tertiary/aromatic N) is 1. The highest BCUT2D eigenvalue weighted by molar-refractivity contribution is 5.28. The summed E-state index contributed by atoms with van der Waals surface area (Å²) in [4.78, 5) is 4.34. The maximum absolute atomic E-state index is 4.34. The van der Waals surface area contributed by atoms with Crippen LogP contribution in [0.4, 0.5) is 0 Å². The Labute approximate surface area is 67.5 Å². The van der Waals surface area contributed by atoms with Crippen molar-refractivity contribution in [1.29, 1.82) is 0 Å². The molecule has 58 valence electrons. The molecule has 0 radical (unpaired) electrons. The van der Waals surface area contributed by atoms with E-state index in [0.717, 1.165) is 11.6 Å². The highest BCUT2D eigenvalue weighted by Crippen LogP contribution is 2.39. The van der Waals surface area contributed by atoms with Gasteiger partial charge in [-0.3, -0.25) is 4.98 Å². The predicted octanol–water partition coefficient (Wildman–Crippen LogP) is 2.58. The number of pyridine rings is 1. The highest BCUT2D eigenvalue weighted by Gasteiger charge is 2.23. The minimum atomic E-state index is 0.835. The van der Waals surface area contributed by atoms with Gasteiger partial charge in [0.25, 0.3) is 0 Å². The minimum absolute atomic E-state index is 0.835. The fourth-order valence-electron chi connectivity index (χ4n) is 1.30. The average molecular weight is 147 g/mol. The van der Waals surface area contributed by atoms with Crippen molar-refractivity contribution in [2.45, 2.75) is 32.6 Å². The van der Waals surface area contributed by atoms with Gasteiger partial charge in [-0.15, -0.1) is 0 Å². The molecule has 1 aromatic heterocycles. The van der Waals surface area contributed by atoms with Crippen LogP contribution >= 0.6 is 0 Å². The van der Waals surface area contributed by atoms with Gasteiger partial charge >= 0.3 is 0 Å². The fourth-order valence-corrected chi connectivity index (χ4v) is 1.30.